The number of hydrogen-bond acceptors (Lipinski definition) is 5. The minimum atomic E-state index is -0.469. The van der Waals surface area contributed by atoms with E-state index in [4.69, 9.17) is 0 Å². The van der Waals surface area contributed by atoms with Crippen molar-refractivity contribution in [3.63, 3.8) is 0 Å². The lowest BCUT2D eigenvalue weighted by molar-refractivity contribution is -0.384. The molecule has 1 aliphatic heterocycles. The van der Waals surface area contributed by atoms with Gasteiger partial charge in [-0.15, -0.1) is 0 Å². The van der Waals surface area contributed by atoms with Gasteiger partial charge < -0.3 is 9.80 Å². The summed E-state index contributed by atoms with van der Waals surface area (Å²) < 4.78 is 0. The van der Waals surface area contributed by atoms with Crippen LogP contribution < -0.4 is 9.80 Å². The molecule has 0 amide bonds. The largest absolute Gasteiger partial charge is 0.368 e. The number of piperazine rings is 1. The van der Waals surface area contributed by atoms with E-state index >= 15 is 0 Å². The van der Waals surface area contributed by atoms with Crippen LogP contribution in [0.25, 0.3) is 0 Å². The average Bonchev–Trinajstić information content (AvgIpc) is 2.63. The van der Waals surface area contributed by atoms with Crippen LogP contribution in [0.2, 0.25) is 0 Å². The number of non-ortho nitro benzene ring substituents is 1. The molecule has 25 heavy (non-hydrogen) atoms. The van der Waals surface area contributed by atoms with E-state index in [1.165, 1.54) is 28.9 Å². The summed E-state index contributed by atoms with van der Waals surface area (Å²) in [5.74, 6) is 0. The number of nitro groups is 1. The van der Waals surface area contributed by atoms with Crippen LogP contribution >= 0.6 is 0 Å². The Bertz CT molecular complexity index is 849. The van der Waals surface area contributed by atoms with Crippen LogP contribution in [-0.4, -0.2) is 31.1 Å². The Morgan fingerprint density at radius 1 is 1.04 bits per heavy atom. The zero-order chi connectivity index (χ0) is 18.0. The van der Waals surface area contributed by atoms with E-state index in [2.05, 4.69) is 47.9 Å². The van der Waals surface area contributed by atoms with Crippen molar-refractivity contribution in [2.24, 2.45) is 0 Å². The number of nitrogens with zero attached hydrogens (tertiary/aromatic N) is 4. The topological polar surface area (TPSA) is 73.4 Å². The standard InChI is InChI=1S/C19H20N4O2/c1-14-4-3-5-18(15(14)2)21-8-10-22(11-9-21)19-7-6-17(23(24)25)12-16(19)13-20/h3-7,12H,8-11H2,1-2H3. The van der Waals surface area contributed by atoms with Crippen molar-refractivity contribution in [3.05, 3.63) is 63.2 Å². The first kappa shape index (κ1) is 16.8. The van der Waals surface area contributed by atoms with Gasteiger partial charge in [-0.05, 0) is 37.1 Å². The Kier molecular flexibility index (Phi) is 4.57. The minimum absolute atomic E-state index is 0.0469. The fourth-order valence-corrected chi connectivity index (χ4v) is 3.27. The van der Waals surface area contributed by atoms with Crippen molar-refractivity contribution in [1.82, 2.24) is 0 Å². The zero-order valence-corrected chi connectivity index (χ0v) is 14.4. The highest BCUT2D eigenvalue weighted by Gasteiger charge is 2.22. The van der Waals surface area contributed by atoms with Gasteiger partial charge in [0.15, 0.2) is 0 Å². The molecule has 0 N–H and O–H groups in total. The fourth-order valence-electron chi connectivity index (χ4n) is 3.27. The molecule has 0 atom stereocenters. The first-order valence-corrected chi connectivity index (χ1v) is 8.26. The van der Waals surface area contributed by atoms with Gasteiger partial charge in [0.05, 0.1) is 16.2 Å². The molecule has 0 saturated carbocycles. The van der Waals surface area contributed by atoms with Gasteiger partial charge >= 0.3 is 0 Å². The van der Waals surface area contributed by atoms with Crippen LogP contribution in [0, 0.1) is 35.3 Å². The maximum Gasteiger partial charge on any atom is 0.270 e. The predicted molar refractivity (Wildman–Crippen MR) is 98.2 cm³/mol. The van der Waals surface area contributed by atoms with Gasteiger partial charge in [-0.1, -0.05) is 12.1 Å². The maximum atomic E-state index is 10.9. The van der Waals surface area contributed by atoms with Crippen LogP contribution in [-0.2, 0) is 0 Å². The summed E-state index contributed by atoms with van der Waals surface area (Å²) in [6, 6.07) is 12.9. The number of hydrogen-bond donors (Lipinski definition) is 0. The highest BCUT2D eigenvalue weighted by Crippen LogP contribution is 2.28. The van der Waals surface area contributed by atoms with Gasteiger partial charge in [0.2, 0.25) is 0 Å². The number of nitro benzene ring substituents is 1. The summed E-state index contributed by atoms with van der Waals surface area (Å²) in [7, 11) is 0. The SMILES string of the molecule is Cc1cccc(N2CCN(c3ccc([N+](=O)[O-])cc3C#N)CC2)c1C. The number of nitriles is 1. The van der Waals surface area contributed by atoms with E-state index in [0.717, 1.165) is 31.9 Å². The van der Waals surface area contributed by atoms with Crippen molar-refractivity contribution >= 4 is 17.1 Å². The molecule has 0 aromatic heterocycles. The van der Waals surface area contributed by atoms with Crippen LogP contribution in [0.5, 0.6) is 0 Å². The van der Waals surface area contributed by atoms with Crippen molar-refractivity contribution < 1.29 is 4.92 Å². The second-order valence-corrected chi connectivity index (χ2v) is 6.26. The highest BCUT2D eigenvalue weighted by molar-refractivity contribution is 5.64. The second-order valence-electron chi connectivity index (χ2n) is 6.26. The molecule has 6 nitrogen and oxygen atoms in total. The Morgan fingerprint density at radius 2 is 1.68 bits per heavy atom. The average molecular weight is 336 g/mol. The van der Waals surface area contributed by atoms with Gasteiger partial charge in [0, 0.05) is 44.0 Å². The van der Waals surface area contributed by atoms with Crippen LogP contribution in [0.1, 0.15) is 16.7 Å². The highest BCUT2D eigenvalue weighted by atomic mass is 16.6. The van der Waals surface area contributed by atoms with Gasteiger partial charge in [-0.3, -0.25) is 10.1 Å². The van der Waals surface area contributed by atoms with Crippen molar-refractivity contribution in [3.8, 4) is 6.07 Å². The van der Waals surface area contributed by atoms with Crippen molar-refractivity contribution in [2.75, 3.05) is 36.0 Å². The lowest BCUT2D eigenvalue weighted by atomic mass is 10.1. The molecule has 128 valence electrons. The molecule has 1 fully saturated rings. The van der Waals surface area contributed by atoms with E-state index in [-0.39, 0.29) is 5.69 Å². The molecular weight excluding hydrogens is 316 g/mol. The molecule has 3 rings (SSSR count). The lowest BCUT2D eigenvalue weighted by Gasteiger charge is -2.38. The van der Waals surface area contributed by atoms with E-state index < -0.39 is 4.92 Å². The Labute approximate surface area is 147 Å². The summed E-state index contributed by atoms with van der Waals surface area (Å²) in [6.45, 7) is 7.52. The normalized spacial score (nSPS) is 14.3. The summed E-state index contributed by atoms with van der Waals surface area (Å²) >= 11 is 0. The first-order chi connectivity index (χ1) is 12.0. The predicted octanol–water partition coefficient (Wildman–Crippen LogP) is 3.41. The van der Waals surface area contributed by atoms with Crippen LogP contribution in [0.3, 0.4) is 0 Å². The summed E-state index contributed by atoms with van der Waals surface area (Å²) in [5.41, 5.74) is 4.91. The molecule has 0 spiro atoms. The van der Waals surface area contributed by atoms with E-state index in [9.17, 15) is 15.4 Å². The molecule has 0 unspecified atom stereocenters. The Morgan fingerprint density at radius 3 is 2.28 bits per heavy atom. The monoisotopic (exact) mass is 336 g/mol. The van der Waals surface area contributed by atoms with Crippen molar-refractivity contribution in [2.45, 2.75) is 13.8 Å². The van der Waals surface area contributed by atoms with Crippen molar-refractivity contribution in [1.29, 1.82) is 5.26 Å². The molecule has 1 aliphatic rings. The second kappa shape index (κ2) is 6.81. The quantitative estimate of drug-likeness (QED) is 0.634. The summed E-state index contributed by atoms with van der Waals surface area (Å²) in [4.78, 5) is 14.9. The number of anilines is 2. The van der Waals surface area contributed by atoms with Gasteiger partial charge in [0.25, 0.3) is 5.69 Å². The fraction of sp³-hybridized carbons (Fsp3) is 0.316. The molecule has 1 heterocycles. The third kappa shape index (κ3) is 3.26. The van der Waals surface area contributed by atoms with E-state index in [0.29, 0.717) is 5.56 Å². The van der Waals surface area contributed by atoms with Crippen LogP contribution in [0.15, 0.2) is 36.4 Å². The summed E-state index contributed by atoms with van der Waals surface area (Å²) in [6.07, 6.45) is 0. The lowest BCUT2D eigenvalue weighted by Crippen LogP contribution is -2.47. The number of aryl methyl sites for hydroxylation is 1. The van der Waals surface area contributed by atoms with E-state index in [1.54, 1.807) is 6.07 Å². The molecule has 1 saturated heterocycles. The summed E-state index contributed by atoms with van der Waals surface area (Å²) in [5, 5.41) is 20.2. The molecule has 2 aromatic carbocycles. The van der Waals surface area contributed by atoms with Gasteiger partial charge in [-0.2, -0.15) is 5.26 Å². The number of rotatable bonds is 3. The molecule has 0 bridgehead atoms. The Balaban J connectivity index is 1.78. The zero-order valence-electron chi connectivity index (χ0n) is 14.4. The molecule has 0 radical (unpaired) electrons. The third-order valence-electron chi connectivity index (χ3n) is 4.85. The van der Waals surface area contributed by atoms with Gasteiger partial charge in [0.1, 0.15) is 6.07 Å². The molecule has 0 aliphatic carbocycles. The molecule has 2 aromatic rings. The number of benzene rings is 2. The molecule has 6 heteroatoms. The van der Waals surface area contributed by atoms with Gasteiger partial charge in [-0.25, -0.2) is 0 Å². The molecular formula is C19H20N4O2. The maximum absolute atomic E-state index is 10.9. The smallest absolute Gasteiger partial charge is 0.270 e. The third-order valence-corrected chi connectivity index (χ3v) is 4.85. The van der Waals surface area contributed by atoms with Crippen LogP contribution in [0.4, 0.5) is 17.1 Å². The minimum Gasteiger partial charge on any atom is -0.368 e. The van der Waals surface area contributed by atoms with E-state index in [1.807, 2.05) is 0 Å². The Hall–Kier alpha value is -3.07. The first-order valence-electron chi connectivity index (χ1n) is 8.26.